The van der Waals surface area contributed by atoms with Gasteiger partial charge in [-0.05, 0) is 23.8 Å². The molecular formula is C15H14ClF2NO2. The lowest BCUT2D eigenvalue weighted by Crippen LogP contribution is -2.14. The monoisotopic (exact) mass is 313 g/mol. The highest BCUT2D eigenvalue weighted by Gasteiger charge is 2.20. The summed E-state index contributed by atoms with van der Waals surface area (Å²) >= 11 is 6.09. The molecule has 0 saturated carbocycles. The second kappa shape index (κ2) is 6.28. The summed E-state index contributed by atoms with van der Waals surface area (Å²) in [7, 11) is 2.90. The van der Waals surface area contributed by atoms with E-state index >= 15 is 0 Å². The highest BCUT2D eigenvalue weighted by atomic mass is 35.5. The molecule has 0 fully saturated rings. The Kier molecular flexibility index (Phi) is 4.65. The number of methoxy groups -OCH3 is 2. The van der Waals surface area contributed by atoms with Crippen LogP contribution in [0, 0.1) is 11.6 Å². The summed E-state index contributed by atoms with van der Waals surface area (Å²) in [5, 5.41) is 0.277. The molecule has 0 aromatic heterocycles. The van der Waals surface area contributed by atoms with Gasteiger partial charge in [-0.15, -0.1) is 0 Å². The van der Waals surface area contributed by atoms with Gasteiger partial charge in [0.15, 0.2) is 23.1 Å². The molecule has 0 aliphatic heterocycles. The van der Waals surface area contributed by atoms with Crippen molar-refractivity contribution < 1.29 is 18.3 Å². The van der Waals surface area contributed by atoms with Crippen molar-refractivity contribution in [2.24, 2.45) is 5.73 Å². The quantitative estimate of drug-likeness (QED) is 0.936. The first-order valence-electron chi connectivity index (χ1n) is 6.10. The molecule has 3 nitrogen and oxygen atoms in total. The largest absolute Gasteiger partial charge is 0.493 e. The number of hydrogen-bond acceptors (Lipinski definition) is 3. The molecule has 2 aromatic carbocycles. The van der Waals surface area contributed by atoms with E-state index in [1.165, 1.54) is 32.4 Å². The van der Waals surface area contributed by atoms with Crippen LogP contribution in [0.25, 0.3) is 0 Å². The van der Waals surface area contributed by atoms with Crippen molar-refractivity contribution in [3.8, 4) is 11.5 Å². The zero-order chi connectivity index (χ0) is 15.6. The molecule has 1 unspecified atom stereocenters. The summed E-state index contributed by atoms with van der Waals surface area (Å²) in [6, 6.07) is 6.10. The summed E-state index contributed by atoms with van der Waals surface area (Å²) in [4.78, 5) is 0. The van der Waals surface area contributed by atoms with E-state index < -0.39 is 17.7 Å². The Bertz CT molecular complexity index is 664. The van der Waals surface area contributed by atoms with Crippen LogP contribution in [0.3, 0.4) is 0 Å². The van der Waals surface area contributed by atoms with Crippen LogP contribution in [-0.2, 0) is 0 Å². The van der Waals surface area contributed by atoms with Crippen LogP contribution in [-0.4, -0.2) is 14.2 Å². The molecule has 112 valence electrons. The lowest BCUT2D eigenvalue weighted by molar-refractivity contribution is 0.354. The second-order valence-electron chi connectivity index (χ2n) is 4.36. The predicted octanol–water partition coefficient (Wildman–Crippen LogP) is 3.68. The number of hydrogen-bond donors (Lipinski definition) is 1. The molecule has 0 radical (unpaired) electrons. The first-order chi connectivity index (χ1) is 9.99. The lowest BCUT2D eigenvalue weighted by atomic mass is 9.98. The first kappa shape index (κ1) is 15.5. The van der Waals surface area contributed by atoms with E-state index in [4.69, 9.17) is 26.8 Å². The maximum absolute atomic E-state index is 13.8. The van der Waals surface area contributed by atoms with Crippen LogP contribution >= 0.6 is 11.6 Å². The molecule has 2 rings (SSSR count). The minimum Gasteiger partial charge on any atom is -0.493 e. The van der Waals surface area contributed by atoms with Crippen molar-refractivity contribution in [2.75, 3.05) is 14.2 Å². The third-order valence-electron chi connectivity index (χ3n) is 3.13. The maximum atomic E-state index is 13.8. The minimum absolute atomic E-state index is 0.0401. The number of halogens is 3. The number of nitrogens with two attached hydrogens (primary N) is 1. The van der Waals surface area contributed by atoms with Crippen LogP contribution in [0.2, 0.25) is 5.02 Å². The molecule has 0 saturated heterocycles. The van der Waals surface area contributed by atoms with Crippen molar-refractivity contribution in [2.45, 2.75) is 6.04 Å². The maximum Gasteiger partial charge on any atom is 0.179 e. The molecule has 2 N–H and O–H groups in total. The van der Waals surface area contributed by atoms with Crippen molar-refractivity contribution in [3.63, 3.8) is 0 Å². The third kappa shape index (κ3) is 2.94. The Morgan fingerprint density at radius 1 is 1.14 bits per heavy atom. The van der Waals surface area contributed by atoms with Crippen LogP contribution in [0.15, 0.2) is 30.3 Å². The van der Waals surface area contributed by atoms with Gasteiger partial charge in [0.25, 0.3) is 0 Å². The molecule has 0 aliphatic rings. The van der Waals surface area contributed by atoms with Crippen molar-refractivity contribution in [1.29, 1.82) is 0 Å². The Morgan fingerprint density at radius 3 is 2.48 bits per heavy atom. The first-order valence-corrected chi connectivity index (χ1v) is 6.48. The van der Waals surface area contributed by atoms with E-state index in [1.807, 2.05) is 0 Å². The minimum atomic E-state index is -0.976. The topological polar surface area (TPSA) is 44.5 Å². The van der Waals surface area contributed by atoms with E-state index in [-0.39, 0.29) is 10.6 Å². The van der Waals surface area contributed by atoms with E-state index in [0.29, 0.717) is 17.1 Å². The van der Waals surface area contributed by atoms with Gasteiger partial charge in [-0.2, -0.15) is 0 Å². The van der Waals surface area contributed by atoms with Crippen molar-refractivity contribution in [3.05, 3.63) is 58.1 Å². The average Bonchev–Trinajstić information content (AvgIpc) is 2.48. The normalized spacial score (nSPS) is 12.1. The fourth-order valence-corrected chi connectivity index (χ4v) is 2.35. The number of benzene rings is 2. The molecule has 0 bridgehead atoms. The summed E-state index contributed by atoms with van der Waals surface area (Å²) in [5.74, 6) is -1.20. The zero-order valence-electron chi connectivity index (χ0n) is 11.5. The predicted molar refractivity (Wildman–Crippen MR) is 76.9 cm³/mol. The number of rotatable bonds is 4. The Hall–Kier alpha value is -1.85. The van der Waals surface area contributed by atoms with E-state index in [2.05, 4.69) is 0 Å². The van der Waals surface area contributed by atoms with Crippen LogP contribution in [0.4, 0.5) is 8.78 Å². The average molecular weight is 314 g/mol. The number of ether oxygens (including phenoxy) is 2. The van der Waals surface area contributed by atoms with E-state index in [1.54, 1.807) is 6.07 Å². The van der Waals surface area contributed by atoms with Crippen molar-refractivity contribution in [1.82, 2.24) is 0 Å². The van der Waals surface area contributed by atoms with Gasteiger partial charge in [0.05, 0.1) is 25.3 Å². The van der Waals surface area contributed by atoms with Gasteiger partial charge in [0.1, 0.15) is 0 Å². The second-order valence-corrected chi connectivity index (χ2v) is 4.77. The molecule has 1 atom stereocenters. The van der Waals surface area contributed by atoms with Crippen LogP contribution < -0.4 is 15.2 Å². The molecule has 0 aliphatic carbocycles. The van der Waals surface area contributed by atoms with Crippen LogP contribution in [0.5, 0.6) is 11.5 Å². The van der Waals surface area contributed by atoms with E-state index in [0.717, 1.165) is 6.07 Å². The molecule has 0 heterocycles. The lowest BCUT2D eigenvalue weighted by Gasteiger charge is -2.17. The van der Waals surface area contributed by atoms with Gasteiger partial charge in [-0.3, -0.25) is 0 Å². The molecule has 6 heteroatoms. The SMILES string of the molecule is COc1cc(C(N)c2cccc(F)c2F)cc(Cl)c1OC. The highest BCUT2D eigenvalue weighted by molar-refractivity contribution is 6.32. The molecule has 21 heavy (non-hydrogen) atoms. The van der Waals surface area contributed by atoms with Gasteiger partial charge in [0, 0.05) is 5.56 Å². The summed E-state index contributed by atoms with van der Waals surface area (Å²) in [6.07, 6.45) is 0. The van der Waals surface area contributed by atoms with Gasteiger partial charge < -0.3 is 15.2 Å². The van der Waals surface area contributed by atoms with Crippen molar-refractivity contribution >= 4 is 11.6 Å². The molecule has 0 spiro atoms. The summed E-state index contributed by atoms with van der Waals surface area (Å²) in [6.45, 7) is 0. The molecular weight excluding hydrogens is 300 g/mol. The summed E-state index contributed by atoms with van der Waals surface area (Å²) < 4.78 is 37.4. The zero-order valence-corrected chi connectivity index (χ0v) is 12.2. The Balaban J connectivity index is 2.51. The standard InChI is InChI=1S/C15H14ClF2NO2/c1-20-12-7-8(6-10(16)15(12)21-2)14(19)9-4-3-5-11(17)13(9)18/h3-7,14H,19H2,1-2H3. The summed E-state index contributed by atoms with van der Waals surface area (Å²) in [5.41, 5.74) is 6.54. The molecule has 2 aromatic rings. The van der Waals surface area contributed by atoms with E-state index in [9.17, 15) is 8.78 Å². The van der Waals surface area contributed by atoms with Gasteiger partial charge in [-0.25, -0.2) is 8.78 Å². The smallest absolute Gasteiger partial charge is 0.179 e. The van der Waals surface area contributed by atoms with Crippen LogP contribution in [0.1, 0.15) is 17.2 Å². The Labute approximate surface area is 126 Å². The van der Waals surface area contributed by atoms with Gasteiger partial charge in [-0.1, -0.05) is 23.7 Å². The van der Waals surface area contributed by atoms with Gasteiger partial charge in [0.2, 0.25) is 0 Å². The fourth-order valence-electron chi connectivity index (χ4n) is 2.06. The molecule has 0 amide bonds. The fraction of sp³-hybridized carbons (Fsp3) is 0.200. The van der Waals surface area contributed by atoms with Gasteiger partial charge >= 0.3 is 0 Å². The third-order valence-corrected chi connectivity index (χ3v) is 3.41. The highest BCUT2D eigenvalue weighted by Crippen LogP contribution is 2.38. The Morgan fingerprint density at radius 2 is 1.86 bits per heavy atom.